The second kappa shape index (κ2) is 10.4. The molecular weight excluding hydrogens is 436 g/mol. The smallest absolute Gasteiger partial charge is 0.295 e. The number of carbonyl (C=O) groups excluding carboxylic acids is 2. The Kier molecular flexibility index (Phi) is 7.59. The Balaban J connectivity index is 1.51. The number of anilines is 1. The van der Waals surface area contributed by atoms with Crippen LogP contribution in [0.2, 0.25) is 5.02 Å². The molecule has 2 N–H and O–H groups in total. The maximum Gasteiger partial charge on any atom is 0.295 e. The Labute approximate surface area is 189 Å². The van der Waals surface area contributed by atoms with Crippen LogP contribution in [0.1, 0.15) is 11.3 Å². The Bertz CT molecular complexity index is 1120. The molecule has 0 unspecified atom stereocenters. The first-order valence-corrected chi connectivity index (χ1v) is 11.1. The minimum absolute atomic E-state index is 0.0630. The topological polar surface area (TPSA) is 85.1 Å². The Morgan fingerprint density at radius 2 is 1.65 bits per heavy atom. The fourth-order valence-electron chi connectivity index (χ4n) is 2.98. The number of nitrogens with one attached hydrogen (secondary N) is 2. The standard InChI is InChI=1S/C22H23ClN4O3S/c1-15-21(22(30)27(26(15)2)18-6-4-3-5-7-18)25-20(29)14-31-13-19(28)24-12-16-8-10-17(23)11-9-16/h3-11H,12-14H2,1-2H3,(H,24,28)(H,25,29). The van der Waals surface area contributed by atoms with Crippen LogP contribution in [-0.4, -0.2) is 32.7 Å². The summed E-state index contributed by atoms with van der Waals surface area (Å²) in [5.41, 5.74) is 2.24. The van der Waals surface area contributed by atoms with Crippen molar-refractivity contribution in [1.82, 2.24) is 14.7 Å². The third-order valence-corrected chi connectivity index (χ3v) is 5.87. The first-order chi connectivity index (χ1) is 14.9. The number of benzene rings is 2. The first kappa shape index (κ1) is 22.7. The van der Waals surface area contributed by atoms with E-state index in [1.165, 1.54) is 16.4 Å². The summed E-state index contributed by atoms with van der Waals surface area (Å²) in [4.78, 5) is 37.1. The summed E-state index contributed by atoms with van der Waals surface area (Å²) < 4.78 is 3.20. The van der Waals surface area contributed by atoms with E-state index in [9.17, 15) is 14.4 Å². The van der Waals surface area contributed by atoms with Crippen molar-refractivity contribution in [2.75, 3.05) is 16.8 Å². The molecule has 0 aliphatic heterocycles. The van der Waals surface area contributed by atoms with Crippen LogP contribution in [0.4, 0.5) is 5.69 Å². The zero-order chi connectivity index (χ0) is 22.4. The number of carbonyl (C=O) groups is 2. The number of hydrogen-bond acceptors (Lipinski definition) is 4. The van der Waals surface area contributed by atoms with Crippen LogP contribution < -0.4 is 16.2 Å². The SMILES string of the molecule is Cc1c(NC(=O)CSCC(=O)NCc2ccc(Cl)cc2)c(=O)n(-c2ccccc2)n1C. The molecule has 3 rings (SSSR count). The van der Waals surface area contributed by atoms with Gasteiger partial charge in [0.05, 0.1) is 22.9 Å². The van der Waals surface area contributed by atoms with Crippen LogP contribution in [0.5, 0.6) is 0 Å². The molecule has 2 aromatic carbocycles. The van der Waals surface area contributed by atoms with Gasteiger partial charge in [0.2, 0.25) is 11.8 Å². The highest BCUT2D eigenvalue weighted by atomic mass is 35.5. The van der Waals surface area contributed by atoms with E-state index < -0.39 is 0 Å². The lowest BCUT2D eigenvalue weighted by Gasteiger charge is -2.07. The van der Waals surface area contributed by atoms with Gasteiger partial charge in [-0.1, -0.05) is 41.9 Å². The summed E-state index contributed by atoms with van der Waals surface area (Å²) in [6.07, 6.45) is 0. The summed E-state index contributed by atoms with van der Waals surface area (Å²) in [7, 11) is 1.76. The van der Waals surface area contributed by atoms with Crippen LogP contribution in [0.15, 0.2) is 59.4 Å². The van der Waals surface area contributed by atoms with Crippen LogP contribution in [0, 0.1) is 6.92 Å². The Morgan fingerprint density at radius 3 is 2.32 bits per heavy atom. The number of para-hydroxylation sites is 1. The molecule has 0 atom stereocenters. The van der Waals surface area contributed by atoms with Gasteiger partial charge >= 0.3 is 0 Å². The van der Waals surface area contributed by atoms with Gasteiger partial charge in [0.1, 0.15) is 5.69 Å². The quantitative estimate of drug-likeness (QED) is 0.543. The number of hydrogen-bond donors (Lipinski definition) is 2. The van der Waals surface area contributed by atoms with Crippen molar-refractivity contribution in [3.05, 3.63) is 81.2 Å². The summed E-state index contributed by atoms with van der Waals surface area (Å²) in [6.45, 7) is 2.17. The molecule has 1 heterocycles. The average molecular weight is 459 g/mol. The van der Waals surface area contributed by atoms with Gasteiger partial charge in [-0.05, 0) is 36.8 Å². The molecule has 31 heavy (non-hydrogen) atoms. The summed E-state index contributed by atoms with van der Waals surface area (Å²) in [5, 5.41) is 6.13. The summed E-state index contributed by atoms with van der Waals surface area (Å²) in [6, 6.07) is 16.4. The van der Waals surface area contributed by atoms with Gasteiger partial charge in [0.15, 0.2) is 0 Å². The summed E-state index contributed by atoms with van der Waals surface area (Å²) >= 11 is 7.02. The second-order valence-corrected chi connectivity index (χ2v) is 8.30. The van der Waals surface area contributed by atoms with Crippen LogP contribution in [-0.2, 0) is 23.2 Å². The number of thioether (sulfide) groups is 1. The van der Waals surface area contributed by atoms with E-state index in [0.717, 1.165) is 5.56 Å². The lowest BCUT2D eigenvalue weighted by atomic mass is 10.2. The zero-order valence-electron chi connectivity index (χ0n) is 17.2. The largest absolute Gasteiger partial charge is 0.351 e. The van der Waals surface area contributed by atoms with E-state index in [1.807, 2.05) is 42.5 Å². The number of halogens is 1. The minimum atomic E-state index is -0.332. The van der Waals surface area contributed by atoms with Crippen molar-refractivity contribution in [1.29, 1.82) is 0 Å². The highest BCUT2D eigenvalue weighted by molar-refractivity contribution is 8.00. The molecule has 0 saturated carbocycles. The fourth-order valence-corrected chi connectivity index (χ4v) is 3.75. The highest BCUT2D eigenvalue weighted by Gasteiger charge is 2.18. The van der Waals surface area contributed by atoms with E-state index in [-0.39, 0.29) is 34.6 Å². The predicted octanol–water partition coefficient (Wildman–Crippen LogP) is 3.13. The molecule has 0 aliphatic carbocycles. The normalized spacial score (nSPS) is 10.7. The Hall–Kier alpha value is -2.97. The number of aromatic nitrogens is 2. The van der Waals surface area contributed by atoms with Crippen molar-refractivity contribution in [2.45, 2.75) is 13.5 Å². The second-order valence-electron chi connectivity index (χ2n) is 6.88. The van der Waals surface area contributed by atoms with Crippen LogP contribution in [0.25, 0.3) is 5.69 Å². The van der Waals surface area contributed by atoms with Gasteiger partial charge < -0.3 is 10.6 Å². The molecule has 0 aliphatic rings. The van der Waals surface area contributed by atoms with E-state index in [4.69, 9.17) is 11.6 Å². The number of nitrogens with zero attached hydrogens (tertiary/aromatic N) is 2. The first-order valence-electron chi connectivity index (χ1n) is 9.59. The molecule has 0 spiro atoms. The number of amides is 2. The van der Waals surface area contributed by atoms with Crippen LogP contribution in [0.3, 0.4) is 0 Å². The molecule has 3 aromatic rings. The third kappa shape index (κ3) is 5.80. The predicted molar refractivity (Wildman–Crippen MR) is 125 cm³/mol. The van der Waals surface area contributed by atoms with Crippen molar-refractivity contribution in [2.24, 2.45) is 7.05 Å². The van der Waals surface area contributed by atoms with E-state index in [1.54, 1.807) is 30.8 Å². The molecule has 162 valence electrons. The van der Waals surface area contributed by atoms with Gasteiger partial charge in [0, 0.05) is 18.6 Å². The molecule has 1 aromatic heterocycles. The summed E-state index contributed by atoms with van der Waals surface area (Å²) in [5.74, 6) is -0.298. The zero-order valence-corrected chi connectivity index (χ0v) is 18.8. The molecule has 0 radical (unpaired) electrons. The van der Waals surface area contributed by atoms with Crippen molar-refractivity contribution < 1.29 is 9.59 Å². The van der Waals surface area contributed by atoms with Crippen molar-refractivity contribution in [3.8, 4) is 5.69 Å². The van der Waals surface area contributed by atoms with E-state index >= 15 is 0 Å². The van der Waals surface area contributed by atoms with Gasteiger partial charge in [-0.3, -0.25) is 19.1 Å². The van der Waals surface area contributed by atoms with Gasteiger partial charge in [-0.15, -0.1) is 11.8 Å². The van der Waals surface area contributed by atoms with Gasteiger partial charge in [-0.2, -0.15) is 0 Å². The molecule has 9 heteroatoms. The van der Waals surface area contributed by atoms with Crippen LogP contribution >= 0.6 is 23.4 Å². The molecule has 0 saturated heterocycles. The number of rotatable bonds is 8. The highest BCUT2D eigenvalue weighted by Crippen LogP contribution is 2.14. The van der Waals surface area contributed by atoms with Crippen molar-refractivity contribution >= 4 is 40.9 Å². The Morgan fingerprint density at radius 1 is 1.00 bits per heavy atom. The average Bonchev–Trinajstić information content (AvgIpc) is 2.97. The lowest BCUT2D eigenvalue weighted by Crippen LogP contribution is -2.26. The molecule has 0 bridgehead atoms. The minimum Gasteiger partial charge on any atom is -0.351 e. The maximum atomic E-state index is 12.8. The fraction of sp³-hybridized carbons (Fsp3) is 0.227. The van der Waals surface area contributed by atoms with Gasteiger partial charge in [-0.25, -0.2) is 4.68 Å². The third-order valence-electron chi connectivity index (χ3n) is 4.69. The maximum absolute atomic E-state index is 12.8. The van der Waals surface area contributed by atoms with Gasteiger partial charge in [0.25, 0.3) is 5.56 Å². The monoisotopic (exact) mass is 458 g/mol. The molecular formula is C22H23ClN4O3S. The molecule has 7 nitrogen and oxygen atoms in total. The van der Waals surface area contributed by atoms with E-state index in [0.29, 0.717) is 22.9 Å². The van der Waals surface area contributed by atoms with E-state index in [2.05, 4.69) is 10.6 Å². The lowest BCUT2D eigenvalue weighted by molar-refractivity contribution is -0.118. The molecule has 0 fully saturated rings. The van der Waals surface area contributed by atoms with Crippen molar-refractivity contribution in [3.63, 3.8) is 0 Å². The molecule has 2 amide bonds.